The van der Waals surface area contributed by atoms with E-state index in [9.17, 15) is 9.59 Å². The highest BCUT2D eigenvalue weighted by Gasteiger charge is 2.18. The fourth-order valence-corrected chi connectivity index (χ4v) is 1.23. The van der Waals surface area contributed by atoms with Gasteiger partial charge in [-0.25, -0.2) is 0 Å². The van der Waals surface area contributed by atoms with Gasteiger partial charge in [-0.2, -0.15) is 0 Å². The molecule has 4 N–H and O–H groups in total. The van der Waals surface area contributed by atoms with Crippen LogP contribution < -0.4 is 11.1 Å². The van der Waals surface area contributed by atoms with Gasteiger partial charge >= 0.3 is 5.97 Å². The molecule has 0 saturated heterocycles. The van der Waals surface area contributed by atoms with Crippen LogP contribution in [0.2, 0.25) is 0 Å². The third kappa shape index (κ3) is 7.93. The predicted octanol–water partition coefficient (Wildman–Crippen LogP) is 0.342. The van der Waals surface area contributed by atoms with Gasteiger partial charge in [0.25, 0.3) is 0 Å². The van der Waals surface area contributed by atoms with Crippen LogP contribution in [0.1, 0.15) is 33.1 Å². The van der Waals surface area contributed by atoms with Gasteiger partial charge in [0, 0.05) is 6.42 Å². The second kappa shape index (κ2) is 6.40. The maximum absolute atomic E-state index is 11.2. The average Bonchev–Trinajstić information content (AvgIpc) is 2.11. The van der Waals surface area contributed by atoms with Gasteiger partial charge in [-0.15, -0.1) is 0 Å². The molecule has 0 aromatic carbocycles. The minimum Gasteiger partial charge on any atom is -0.480 e. The number of hydrogen-bond acceptors (Lipinski definition) is 3. The van der Waals surface area contributed by atoms with E-state index in [0.29, 0.717) is 13.0 Å². The van der Waals surface area contributed by atoms with Crippen LogP contribution in [0, 0.1) is 5.41 Å². The number of nitrogens with one attached hydrogen (secondary N) is 1. The van der Waals surface area contributed by atoms with Gasteiger partial charge in [0.1, 0.15) is 6.54 Å². The van der Waals surface area contributed by atoms with Gasteiger partial charge in [0.2, 0.25) is 5.91 Å². The van der Waals surface area contributed by atoms with E-state index in [-0.39, 0.29) is 17.9 Å². The van der Waals surface area contributed by atoms with Gasteiger partial charge in [-0.1, -0.05) is 13.8 Å². The first-order valence-corrected chi connectivity index (χ1v) is 5.06. The molecule has 0 atom stereocenters. The summed E-state index contributed by atoms with van der Waals surface area (Å²) in [5.41, 5.74) is 5.48. The van der Waals surface area contributed by atoms with E-state index < -0.39 is 5.97 Å². The predicted molar refractivity (Wildman–Crippen MR) is 57.3 cm³/mol. The summed E-state index contributed by atoms with van der Waals surface area (Å²) in [6.07, 6.45) is 1.93. The molecule has 0 aliphatic carbocycles. The number of rotatable bonds is 7. The zero-order valence-electron chi connectivity index (χ0n) is 9.38. The third-order valence-electron chi connectivity index (χ3n) is 2.29. The first-order valence-electron chi connectivity index (χ1n) is 5.06. The first kappa shape index (κ1) is 13.9. The zero-order chi connectivity index (χ0) is 11.9. The zero-order valence-corrected chi connectivity index (χ0v) is 9.38. The molecule has 0 rings (SSSR count). The summed E-state index contributed by atoms with van der Waals surface area (Å²) >= 11 is 0. The molecule has 0 fully saturated rings. The van der Waals surface area contributed by atoms with Crippen LogP contribution in [0.25, 0.3) is 0 Å². The van der Waals surface area contributed by atoms with E-state index in [0.717, 1.165) is 12.8 Å². The summed E-state index contributed by atoms with van der Waals surface area (Å²) in [5, 5.41) is 10.7. The Labute approximate surface area is 90.0 Å². The number of carboxylic acid groups (broad SMARTS) is 1. The Balaban J connectivity index is 3.74. The summed E-state index contributed by atoms with van der Waals surface area (Å²) in [4.78, 5) is 21.4. The van der Waals surface area contributed by atoms with E-state index in [1.54, 1.807) is 0 Å². The summed E-state index contributed by atoms with van der Waals surface area (Å²) < 4.78 is 0. The third-order valence-corrected chi connectivity index (χ3v) is 2.29. The second-order valence-electron chi connectivity index (χ2n) is 4.37. The van der Waals surface area contributed by atoms with Crippen LogP contribution in [0.5, 0.6) is 0 Å². The van der Waals surface area contributed by atoms with E-state index >= 15 is 0 Å². The van der Waals surface area contributed by atoms with Gasteiger partial charge in [0.05, 0.1) is 0 Å². The van der Waals surface area contributed by atoms with Crippen LogP contribution in [0.4, 0.5) is 0 Å². The van der Waals surface area contributed by atoms with Crippen molar-refractivity contribution in [3.8, 4) is 0 Å². The lowest BCUT2D eigenvalue weighted by atomic mass is 9.84. The number of hydrogen-bond donors (Lipinski definition) is 3. The maximum Gasteiger partial charge on any atom is 0.322 e. The molecule has 0 heterocycles. The minimum absolute atomic E-state index is 0.0370. The molecule has 88 valence electrons. The lowest BCUT2D eigenvalue weighted by Crippen LogP contribution is -2.30. The summed E-state index contributed by atoms with van der Waals surface area (Å²) in [5.74, 6) is -1.24. The number of carbonyl (C=O) groups is 2. The topological polar surface area (TPSA) is 92.4 Å². The number of nitrogens with two attached hydrogens (primary N) is 1. The number of amides is 1. The monoisotopic (exact) mass is 216 g/mol. The Morgan fingerprint density at radius 2 is 1.93 bits per heavy atom. The van der Waals surface area contributed by atoms with Gasteiger partial charge in [0.15, 0.2) is 0 Å². The molecule has 0 saturated carbocycles. The molecule has 0 unspecified atom stereocenters. The Morgan fingerprint density at radius 3 is 2.40 bits per heavy atom. The van der Waals surface area contributed by atoms with Crippen LogP contribution in [-0.4, -0.2) is 30.1 Å². The summed E-state index contributed by atoms with van der Waals surface area (Å²) in [7, 11) is 0. The fourth-order valence-electron chi connectivity index (χ4n) is 1.23. The van der Waals surface area contributed by atoms with Crippen molar-refractivity contribution >= 4 is 11.9 Å². The Kier molecular flexibility index (Phi) is 5.93. The van der Waals surface area contributed by atoms with E-state index in [2.05, 4.69) is 5.32 Å². The molecule has 1 amide bonds. The van der Waals surface area contributed by atoms with Crippen molar-refractivity contribution in [3.05, 3.63) is 0 Å². The van der Waals surface area contributed by atoms with Crippen LogP contribution in [-0.2, 0) is 9.59 Å². The molecule has 0 bridgehead atoms. The molecule has 0 aliphatic rings. The van der Waals surface area contributed by atoms with Gasteiger partial charge < -0.3 is 16.2 Å². The fraction of sp³-hybridized carbons (Fsp3) is 0.800. The lowest BCUT2D eigenvalue weighted by Gasteiger charge is -2.23. The SMILES string of the molecule is CC(C)(CCN)CCC(=O)NCC(=O)O. The molecule has 0 aromatic heterocycles. The number of carboxylic acids is 1. The summed E-state index contributed by atoms with van der Waals surface area (Å²) in [6.45, 7) is 4.38. The van der Waals surface area contributed by atoms with Gasteiger partial charge in [-0.3, -0.25) is 9.59 Å². The minimum atomic E-state index is -1.02. The van der Waals surface area contributed by atoms with E-state index in [1.807, 2.05) is 13.8 Å². The Hall–Kier alpha value is -1.10. The highest BCUT2D eigenvalue weighted by molar-refractivity contribution is 5.81. The standard InChI is InChI=1S/C10H20N2O3/c1-10(2,5-6-11)4-3-8(13)12-7-9(14)15/h3-7,11H2,1-2H3,(H,12,13)(H,14,15). The molecular weight excluding hydrogens is 196 g/mol. The number of aliphatic carboxylic acids is 1. The quantitative estimate of drug-likeness (QED) is 0.572. The lowest BCUT2D eigenvalue weighted by molar-refractivity contribution is -0.138. The molecule has 15 heavy (non-hydrogen) atoms. The first-order chi connectivity index (χ1) is 6.87. The normalized spacial score (nSPS) is 11.1. The Bertz CT molecular complexity index is 227. The van der Waals surface area contributed by atoms with Crippen molar-refractivity contribution in [2.45, 2.75) is 33.1 Å². The van der Waals surface area contributed by atoms with Crippen LogP contribution >= 0.6 is 0 Å². The van der Waals surface area contributed by atoms with Crippen molar-refractivity contribution in [2.75, 3.05) is 13.1 Å². The van der Waals surface area contributed by atoms with E-state index in [4.69, 9.17) is 10.8 Å². The molecule has 5 nitrogen and oxygen atoms in total. The van der Waals surface area contributed by atoms with Gasteiger partial charge in [-0.05, 0) is 24.8 Å². The van der Waals surface area contributed by atoms with Crippen molar-refractivity contribution in [3.63, 3.8) is 0 Å². The smallest absolute Gasteiger partial charge is 0.322 e. The molecule has 5 heteroatoms. The average molecular weight is 216 g/mol. The van der Waals surface area contributed by atoms with Crippen molar-refractivity contribution in [2.24, 2.45) is 11.1 Å². The number of carbonyl (C=O) groups excluding carboxylic acids is 1. The van der Waals surface area contributed by atoms with Crippen molar-refractivity contribution < 1.29 is 14.7 Å². The maximum atomic E-state index is 11.2. The largest absolute Gasteiger partial charge is 0.480 e. The Morgan fingerprint density at radius 1 is 1.33 bits per heavy atom. The summed E-state index contributed by atoms with van der Waals surface area (Å²) in [6, 6.07) is 0. The second-order valence-corrected chi connectivity index (χ2v) is 4.37. The van der Waals surface area contributed by atoms with Crippen molar-refractivity contribution in [1.82, 2.24) is 5.32 Å². The molecular formula is C10H20N2O3. The molecule has 0 aromatic rings. The molecule has 0 radical (unpaired) electrons. The molecule has 0 aliphatic heterocycles. The molecule has 0 spiro atoms. The highest BCUT2D eigenvalue weighted by atomic mass is 16.4. The van der Waals surface area contributed by atoms with E-state index in [1.165, 1.54) is 0 Å². The highest BCUT2D eigenvalue weighted by Crippen LogP contribution is 2.25. The van der Waals surface area contributed by atoms with Crippen LogP contribution in [0.15, 0.2) is 0 Å². The van der Waals surface area contributed by atoms with Crippen molar-refractivity contribution in [1.29, 1.82) is 0 Å². The van der Waals surface area contributed by atoms with Crippen LogP contribution in [0.3, 0.4) is 0 Å².